The fourth-order valence-corrected chi connectivity index (χ4v) is 2.25. The Labute approximate surface area is 147 Å². The van der Waals surface area contributed by atoms with Crippen LogP contribution in [0.15, 0.2) is 35.5 Å². The molecule has 1 rings (SSSR count). The number of carbonyl (C=O) groups excluding carboxylic acids is 1. The second-order valence-corrected chi connectivity index (χ2v) is 7.60. The maximum atomic E-state index is 11.5. The first-order chi connectivity index (χ1) is 10.5. The third-order valence-electron chi connectivity index (χ3n) is 2.81. The first-order valence-corrected chi connectivity index (χ1v) is 8.80. The van der Waals surface area contributed by atoms with E-state index in [-0.39, 0.29) is 3.74 Å². The molecule has 1 aromatic rings. The lowest BCUT2D eigenvalue weighted by atomic mass is 10.1. The number of nitrogens with zero attached hydrogens (tertiary/aromatic N) is 1. The number of carbonyl (C=O) groups is 1. The van der Waals surface area contributed by atoms with Crippen LogP contribution >= 0.6 is 31.9 Å². The minimum absolute atomic E-state index is 0.134. The van der Waals surface area contributed by atoms with Crippen LogP contribution in [0, 0.1) is 0 Å². The highest BCUT2D eigenvalue weighted by molar-refractivity contribution is 9.25. The standard InChI is InChI=1S/C15H20Br2N2O3/c1-2-21-15(20)12(18)8-9-13(14(16)17)19-22-10-11-6-4-3-5-7-11/h3-7,12,14H,2,8-10,18H2,1H3/t12-/m0/s1. The number of rotatable bonds is 9. The summed E-state index contributed by atoms with van der Waals surface area (Å²) >= 11 is 6.79. The maximum absolute atomic E-state index is 11.5. The summed E-state index contributed by atoms with van der Waals surface area (Å²) < 4.78 is 4.74. The van der Waals surface area contributed by atoms with E-state index >= 15 is 0 Å². The number of ether oxygens (including phenoxy) is 1. The zero-order valence-electron chi connectivity index (χ0n) is 12.4. The number of esters is 1. The second kappa shape index (κ2) is 10.7. The molecule has 0 unspecified atom stereocenters. The van der Waals surface area contributed by atoms with Crippen molar-refractivity contribution in [1.29, 1.82) is 0 Å². The second-order valence-electron chi connectivity index (χ2n) is 4.54. The molecule has 0 bridgehead atoms. The van der Waals surface area contributed by atoms with Crippen LogP contribution in [0.5, 0.6) is 0 Å². The molecule has 0 aromatic heterocycles. The monoisotopic (exact) mass is 434 g/mol. The van der Waals surface area contributed by atoms with Crippen molar-refractivity contribution in [3.05, 3.63) is 35.9 Å². The van der Waals surface area contributed by atoms with E-state index < -0.39 is 12.0 Å². The van der Waals surface area contributed by atoms with Crippen molar-refractivity contribution in [1.82, 2.24) is 0 Å². The molecule has 122 valence electrons. The molecule has 22 heavy (non-hydrogen) atoms. The molecule has 1 aromatic carbocycles. The molecular formula is C15H20Br2N2O3. The van der Waals surface area contributed by atoms with Crippen molar-refractivity contribution in [2.45, 2.75) is 36.2 Å². The number of benzene rings is 1. The van der Waals surface area contributed by atoms with Crippen LogP contribution in [-0.4, -0.2) is 28.1 Å². The third-order valence-corrected chi connectivity index (χ3v) is 3.87. The SMILES string of the molecule is CCOC(=O)[C@@H](N)CCC(=NOCc1ccccc1)C(Br)Br. The third kappa shape index (κ3) is 7.38. The minimum Gasteiger partial charge on any atom is -0.465 e. The van der Waals surface area contributed by atoms with Gasteiger partial charge in [0, 0.05) is 0 Å². The highest BCUT2D eigenvalue weighted by Crippen LogP contribution is 2.16. The van der Waals surface area contributed by atoms with Gasteiger partial charge in [-0.2, -0.15) is 0 Å². The summed E-state index contributed by atoms with van der Waals surface area (Å²) in [4.78, 5) is 16.8. The van der Waals surface area contributed by atoms with Gasteiger partial charge >= 0.3 is 5.97 Å². The summed E-state index contributed by atoms with van der Waals surface area (Å²) in [5, 5.41) is 4.11. The van der Waals surface area contributed by atoms with Crippen LogP contribution in [0.2, 0.25) is 0 Å². The molecule has 0 saturated carbocycles. The quantitative estimate of drug-likeness (QED) is 0.279. The Morgan fingerprint density at radius 3 is 2.59 bits per heavy atom. The first-order valence-electron chi connectivity index (χ1n) is 6.97. The lowest BCUT2D eigenvalue weighted by molar-refractivity contribution is -0.144. The van der Waals surface area contributed by atoms with Crippen LogP contribution in [0.1, 0.15) is 25.3 Å². The number of halogens is 2. The Bertz CT molecular complexity index is 481. The van der Waals surface area contributed by atoms with Crippen molar-refractivity contribution < 1.29 is 14.4 Å². The highest BCUT2D eigenvalue weighted by Gasteiger charge is 2.18. The summed E-state index contributed by atoms with van der Waals surface area (Å²) in [6, 6.07) is 9.11. The fraction of sp³-hybridized carbons (Fsp3) is 0.467. The summed E-state index contributed by atoms with van der Waals surface area (Å²) in [5.41, 5.74) is 7.54. The van der Waals surface area contributed by atoms with Crippen molar-refractivity contribution in [3.63, 3.8) is 0 Å². The van der Waals surface area contributed by atoms with Crippen LogP contribution in [0.3, 0.4) is 0 Å². The van der Waals surface area contributed by atoms with E-state index in [1.54, 1.807) is 6.92 Å². The summed E-state index contributed by atoms with van der Waals surface area (Å²) in [7, 11) is 0. The molecule has 0 aliphatic rings. The van der Waals surface area contributed by atoms with Gasteiger partial charge in [0.25, 0.3) is 0 Å². The number of oxime groups is 1. The Morgan fingerprint density at radius 2 is 2.00 bits per heavy atom. The van der Waals surface area contributed by atoms with Crippen molar-refractivity contribution in [3.8, 4) is 0 Å². The molecule has 0 aliphatic carbocycles. The van der Waals surface area contributed by atoms with Crippen molar-refractivity contribution >= 4 is 43.5 Å². The largest absolute Gasteiger partial charge is 0.465 e. The van der Waals surface area contributed by atoms with E-state index in [2.05, 4.69) is 37.0 Å². The zero-order chi connectivity index (χ0) is 16.4. The van der Waals surface area contributed by atoms with Crippen LogP contribution in [0.25, 0.3) is 0 Å². The van der Waals surface area contributed by atoms with Gasteiger partial charge in [0.2, 0.25) is 0 Å². The predicted octanol–water partition coefficient (Wildman–Crippen LogP) is 3.35. The summed E-state index contributed by atoms with van der Waals surface area (Å²) in [6.45, 7) is 2.47. The molecule has 0 radical (unpaired) electrons. The molecule has 5 nitrogen and oxygen atoms in total. The van der Waals surface area contributed by atoms with E-state index in [0.717, 1.165) is 11.3 Å². The number of hydrogen-bond donors (Lipinski definition) is 1. The van der Waals surface area contributed by atoms with Gasteiger partial charge in [0.1, 0.15) is 16.4 Å². The first kappa shape index (κ1) is 19.1. The van der Waals surface area contributed by atoms with Gasteiger partial charge in [-0.1, -0.05) is 67.3 Å². The predicted molar refractivity (Wildman–Crippen MR) is 94.2 cm³/mol. The summed E-state index contributed by atoms with van der Waals surface area (Å²) in [5.74, 6) is -0.396. The van der Waals surface area contributed by atoms with E-state index in [1.807, 2.05) is 30.3 Å². The summed E-state index contributed by atoms with van der Waals surface area (Å²) in [6.07, 6.45) is 0.968. The van der Waals surface area contributed by atoms with E-state index in [4.69, 9.17) is 15.3 Å². The Morgan fingerprint density at radius 1 is 1.32 bits per heavy atom. The van der Waals surface area contributed by atoms with Gasteiger partial charge in [0.05, 0.1) is 12.3 Å². The lowest BCUT2D eigenvalue weighted by Crippen LogP contribution is -2.33. The van der Waals surface area contributed by atoms with E-state index in [9.17, 15) is 4.79 Å². The van der Waals surface area contributed by atoms with Gasteiger partial charge in [-0.25, -0.2) is 0 Å². The molecule has 0 fully saturated rings. The average molecular weight is 436 g/mol. The smallest absolute Gasteiger partial charge is 0.322 e. The minimum atomic E-state index is -0.655. The molecule has 7 heteroatoms. The zero-order valence-corrected chi connectivity index (χ0v) is 15.5. The van der Waals surface area contributed by atoms with Crippen LogP contribution < -0.4 is 5.73 Å². The number of hydrogen-bond acceptors (Lipinski definition) is 5. The van der Waals surface area contributed by atoms with Crippen LogP contribution in [0.4, 0.5) is 0 Å². The molecule has 0 amide bonds. The van der Waals surface area contributed by atoms with Crippen molar-refractivity contribution in [2.24, 2.45) is 10.9 Å². The van der Waals surface area contributed by atoms with Gasteiger partial charge in [-0.05, 0) is 25.3 Å². The highest BCUT2D eigenvalue weighted by atomic mass is 79.9. The molecule has 0 spiro atoms. The van der Waals surface area contributed by atoms with Gasteiger partial charge in [0.15, 0.2) is 0 Å². The molecule has 1 atom stereocenters. The van der Waals surface area contributed by atoms with Crippen molar-refractivity contribution in [2.75, 3.05) is 6.61 Å². The molecule has 2 N–H and O–H groups in total. The molecular weight excluding hydrogens is 416 g/mol. The van der Waals surface area contributed by atoms with E-state index in [0.29, 0.717) is 26.1 Å². The Kier molecular flexibility index (Phi) is 9.34. The topological polar surface area (TPSA) is 73.9 Å². The normalized spacial score (nSPS) is 13.0. The molecule has 0 heterocycles. The van der Waals surface area contributed by atoms with Gasteiger partial charge in [-0.15, -0.1) is 0 Å². The van der Waals surface area contributed by atoms with Gasteiger partial charge < -0.3 is 15.3 Å². The number of alkyl halides is 2. The van der Waals surface area contributed by atoms with E-state index in [1.165, 1.54) is 0 Å². The van der Waals surface area contributed by atoms with Gasteiger partial charge in [-0.3, -0.25) is 4.79 Å². The van der Waals surface area contributed by atoms with Crippen LogP contribution in [-0.2, 0) is 21.0 Å². The Hall–Kier alpha value is -0.920. The lowest BCUT2D eigenvalue weighted by Gasteiger charge is -2.12. The maximum Gasteiger partial charge on any atom is 0.322 e. The average Bonchev–Trinajstić information content (AvgIpc) is 2.51. The molecule has 0 saturated heterocycles. The fourth-order valence-electron chi connectivity index (χ4n) is 1.63. The number of nitrogens with two attached hydrogens (primary N) is 1. The molecule has 0 aliphatic heterocycles. The Balaban J connectivity index is 2.47.